The van der Waals surface area contributed by atoms with Crippen molar-refractivity contribution >= 4 is 9.76 Å². The Morgan fingerprint density at radius 2 is 1.62 bits per heavy atom. The number of rotatable bonds is 3. The third kappa shape index (κ3) is 1.90. The van der Waals surface area contributed by atoms with Crippen LogP contribution in [0.1, 0.15) is 52.4 Å². The van der Waals surface area contributed by atoms with E-state index in [9.17, 15) is 0 Å². The number of allylic oxidation sites excluding steroid dienone is 2. The zero-order valence-corrected chi connectivity index (χ0v) is 12.1. The van der Waals surface area contributed by atoms with Crippen LogP contribution in [0.4, 0.5) is 0 Å². The van der Waals surface area contributed by atoms with Crippen molar-refractivity contribution in [1.29, 1.82) is 0 Å². The van der Waals surface area contributed by atoms with Gasteiger partial charge in [0.05, 0.1) is 5.60 Å². The van der Waals surface area contributed by atoms with E-state index in [0.29, 0.717) is 5.60 Å². The van der Waals surface area contributed by atoms with Gasteiger partial charge in [-0.15, -0.1) is 0 Å². The van der Waals surface area contributed by atoms with E-state index in [1.165, 1.54) is 43.7 Å². The molecule has 2 heteroatoms. The van der Waals surface area contributed by atoms with Crippen LogP contribution in [0.15, 0.2) is 11.3 Å². The maximum Gasteiger partial charge on any atom is 0.188 e. The van der Waals surface area contributed by atoms with Gasteiger partial charge in [-0.3, -0.25) is 0 Å². The lowest BCUT2D eigenvalue weighted by Crippen LogP contribution is -2.52. The molecule has 0 atom stereocenters. The Morgan fingerprint density at radius 3 is 2.06 bits per heavy atom. The predicted molar refractivity (Wildman–Crippen MR) is 70.0 cm³/mol. The molecule has 0 aromatic rings. The Morgan fingerprint density at radius 1 is 1.12 bits per heavy atom. The monoisotopic (exact) mass is 236 g/mol. The Balaban J connectivity index is 1.69. The van der Waals surface area contributed by atoms with Crippen molar-refractivity contribution in [2.45, 2.75) is 58.0 Å². The van der Waals surface area contributed by atoms with Crippen molar-refractivity contribution in [3.05, 3.63) is 11.3 Å². The van der Waals surface area contributed by atoms with Crippen LogP contribution >= 0.6 is 0 Å². The summed E-state index contributed by atoms with van der Waals surface area (Å²) in [5.74, 6) is 3.06. The molecule has 0 N–H and O–H groups in total. The third-order valence-corrected chi connectivity index (χ3v) is 6.70. The van der Waals surface area contributed by atoms with E-state index in [-0.39, 0.29) is 0 Å². The molecule has 4 saturated carbocycles. The highest BCUT2D eigenvalue weighted by atomic mass is 28.2. The van der Waals surface area contributed by atoms with Gasteiger partial charge in [0.1, 0.15) is 0 Å². The minimum Gasteiger partial charge on any atom is -0.413 e. The minimum absolute atomic E-state index is 0.352. The second-order valence-electron chi connectivity index (χ2n) is 6.52. The summed E-state index contributed by atoms with van der Waals surface area (Å²) < 4.78 is 6.47. The lowest BCUT2D eigenvalue weighted by Gasteiger charge is -2.56. The van der Waals surface area contributed by atoms with Gasteiger partial charge in [-0.25, -0.2) is 0 Å². The van der Waals surface area contributed by atoms with Crippen molar-refractivity contribution in [3.8, 4) is 0 Å². The average molecular weight is 236 g/mol. The van der Waals surface area contributed by atoms with Crippen LogP contribution in [-0.4, -0.2) is 15.4 Å². The second kappa shape index (κ2) is 3.99. The van der Waals surface area contributed by atoms with Crippen molar-refractivity contribution in [1.82, 2.24) is 0 Å². The molecule has 4 aliphatic rings. The molecular formula is C14H24OSi. The Hall–Kier alpha value is -0.0831. The van der Waals surface area contributed by atoms with Gasteiger partial charge in [0.15, 0.2) is 9.76 Å². The van der Waals surface area contributed by atoms with Crippen molar-refractivity contribution < 1.29 is 4.43 Å². The molecule has 0 amide bonds. The smallest absolute Gasteiger partial charge is 0.188 e. The van der Waals surface area contributed by atoms with E-state index in [1.807, 2.05) is 0 Å². The van der Waals surface area contributed by atoms with Gasteiger partial charge in [0.2, 0.25) is 0 Å². The minimum atomic E-state index is -0.407. The van der Waals surface area contributed by atoms with Crippen LogP contribution in [0, 0.1) is 17.8 Å². The summed E-state index contributed by atoms with van der Waals surface area (Å²) in [4.78, 5) is 0. The lowest BCUT2D eigenvalue weighted by molar-refractivity contribution is -0.106. The van der Waals surface area contributed by atoms with Crippen LogP contribution in [0.25, 0.3) is 0 Å². The SMILES string of the molecule is CC=C(C)[SiH2]OC12CC3CC(CC(C3)C1)C2. The van der Waals surface area contributed by atoms with Crippen LogP contribution in [0.2, 0.25) is 0 Å². The standard InChI is InChI=1S/C14H24OSi/c1-3-10(2)16-15-14-7-11-4-12(8-14)6-13(5-11)9-14/h3,11-13H,4-9,16H2,1-2H3. The largest absolute Gasteiger partial charge is 0.413 e. The quantitative estimate of drug-likeness (QED) is 0.685. The van der Waals surface area contributed by atoms with Gasteiger partial charge in [-0.1, -0.05) is 11.3 Å². The van der Waals surface area contributed by atoms with Gasteiger partial charge in [0, 0.05) is 0 Å². The summed E-state index contributed by atoms with van der Waals surface area (Å²) in [5, 5.41) is 1.52. The molecule has 4 fully saturated rings. The highest BCUT2D eigenvalue weighted by Crippen LogP contribution is 2.56. The van der Waals surface area contributed by atoms with Gasteiger partial charge in [-0.2, -0.15) is 0 Å². The molecule has 0 aromatic carbocycles. The maximum atomic E-state index is 6.47. The molecule has 0 unspecified atom stereocenters. The first kappa shape index (κ1) is 11.0. The fourth-order valence-corrected chi connectivity index (χ4v) is 5.61. The molecule has 0 aliphatic heterocycles. The van der Waals surface area contributed by atoms with E-state index in [2.05, 4.69) is 19.9 Å². The summed E-state index contributed by atoms with van der Waals surface area (Å²) in [6.07, 6.45) is 11.0. The molecule has 90 valence electrons. The van der Waals surface area contributed by atoms with Crippen molar-refractivity contribution in [3.63, 3.8) is 0 Å². The Kier molecular flexibility index (Phi) is 2.75. The van der Waals surface area contributed by atoms with E-state index < -0.39 is 9.76 Å². The van der Waals surface area contributed by atoms with Crippen LogP contribution < -0.4 is 0 Å². The molecule has 4 rings (SSSR count). The van der Waals surface area contributed by atoms with Gasteiger partial charge in [-0.05, 0) is 70.1 Å². The molecular weight excluding hydrogens is 212 g/mol. The van der Waals surface area contributed by atoms with Gasteiger partial charge < -0.3 is 4.43 Å². The maximum absolute atomic E-state index is 6.47. The van der Waals surface area contributed by atoms with E-state index in [1.54, 1.807) is 0 Å². The fourth-order valence-electron chi connectivity index (χ4n) is 4.56. The second-order valence-corrected chi connectivity index (χ2v) is 8.22. The van der Waals surface area contributed by atoms with E-state index in [0.717, 1.165) is 17.8 Å². The molecule has 0 aromatic heterocycles. The summed E-state index contributed by atoms with van der Waals surface area (Å²) >= 11 is 0. The van der Waals surface area contributed by atoms with Crippen LogP contribution in [-0.2, 0) is 4.43 Å². The predicted octanol–water partition coefficient (Wildman–Crippen LogP) is 2.98. The molecule has 0 radical (unpaired) electrons. The number of hydrogen-bond acceptors (Lipinski definition) is 1. The average Bonchev–Trinajstić information content (AvgIpc) is 2.24. The third-order valence-electron chi connectivity index (χ3n) is 5.08. The summed E-state index contributed by atoms with van der Waals surface area (Å²) in [5.41, 5.74) is 0.352. The summed E-state index contributed by atoms with van der Waals surface area (Å²) in [6, 6.07) is 0. The van der Waals surface area contributed by atoms with Crippen molar-refractivity contribution in [2.24, 2.45) is 17.8 Å². The highest BCUT2D eigenvalue weighted by molar-refractivity contribution is 6.37. The van der Waals surface area contributed by atoms with Gasteiger partial charge in [0.25, 0.3) is 0 Å². The first-order valence-corrected chi connectivity index (χ1v) is 8.23. The summed E-state index contributed by atoms with van der Waals surface area (Å²) in [6.45, 7) is 4.39. The highest BCUT2D eigenvalue weighted by Gasteiger charge is 2.51. The molecule has 4 aliphatic carbocycles. The number of hydrogen-bond donors (Lipinski definition) is 0. The van der Waals surface area contributed by atoms with Crippen LogP contribution in [0.5, 0.6) is 0 Å². The zero-order valence-electron chi connectivity index (χ0n) is 10.7. The molecule has 0 spiro atoms. The first-order valence-electron chi connectivity index (χ1n) is 6.95. The summed E-state index contributed by atoms with van der Waals surface area (Å²) in [7, 11) is -0.407. The molecule has 16 heavy (non-hydrogen) atoms. The lowest BCUT2D eigenvalue weighted by atomic mass is 9.54. The molecule has 0 saturated heterocycles. The fraction of sp³-hybridized carbons (Fsp3) is 0.857. The molecule has 1 nitrogen and oxygen atoms in total. The van der Waals surface area contributed by atoms with E-state index >= 15 is 0 Å². The first-order chi connectivity index (χ1) is 7.69. The van der Waals surface area contributed by atoms with Crippen LogP contribution in [0.3, 0.4) is 0 Å². The van der Waals surface area contributed by atoms with Gasteiger partial charge >= 0.3 is 0 Å². The topological polar surface area (TPSA) is 9.23 Å². The Labute approximate surface area is 102 Å². The normalized spacial score (nSPS) is 47.1. The zero-order chi connectivity index (χ0) is 11.2. The Bertz CT molecular complexity index is 273. The molecule has 0 heterocycles. The molecule has 4 bridgehead atoms. The van der Waals surface area contributed by atoms with Crippen molar-refractivity contribution in [2.75, 3.05) is 0 Å². The van der Waals surface area contributed by atoms with E-state index in [4.69, 9.17) is 4.43 Å².